The smallest absolute Gasteiger partial charge is 0.0406 e. The standard InChI is InChI=1S/C17H27ClN2/c1-4-5-17(14-6-8-15(18)9-7-14)19-16-10-11-20(3)12-13(16)2/h6-9,13,16-17,19H,4-5,10-12H2,1-3H3. The highest BCUT2D eigenvalue weighted by Gasteiger charge is 2.26. The molecular weight excluding hydrogens is 268 g/mol. The fourth-order valence-corrected chi connectivity index (χ4v) is 3.32. The molecule has 0 amide bonds. The quantitative estimate of drug-likeness (QED) is 0.879. The van der Waals surface area contributed by atoms with Gasteiger partial charge in [-0.1, -0.05) is 44.0 Å². The maximum absolute atomic E-state index is 6.00. The molecule has 1 aliphatic heterocycles. The van der Waals surface area contributed by atoms with Crippen LogP contribution in [0.25, 0.3) is 0 Å². The van der Waals surface area contributed by atoms with Crippen molar-refractivity contribution in [1.29, 1.82) is 0 Å². The largest absolute Gasteiger partial charge is 0.307 e. The molecule has 0 aromatic heterocycles. The summed E-state index contributed by atoms with van der Waals surface area (Å²) in [5.74, 6) is 0.709. The van der Waals surface area contributed by atoms with Gasteiger partial charge < -0.3 is 10.2 Å². The first kappa shape index (κ1) is 15.8. The van der Waals surface area contributed by atoms with Gasteiger partial charge in [-0.25, -0.2) is 0 Å². The molecule has 1 heterocycles. The molecule has 1 N–H and O–H groups in total. The van der Waals surface area contributed by atoms with Crippen molar-refractivity contribution in [2.24, 2.45) is 5.92 Å². The van der Waals surface area contributed by atoms with Crippen LogP contribution in [-0.4, -0.2) is 31.1 Å². The zero-order valence-electron chi connectivity index (χ0n) is 12.9. The number of hydrogen-bond donors (Lipinski definition) is 1. The summed E-state index contributed by atoms with van der Waals surface area (Å²) in [5, 5.41) is 4.71. The van der Waals surface area contributed by atoms with Gasteiger partial charge in [0, 0.05) is 23.7 Å². The summed E-state index contributed by atoms with van der Waals surface area (Å²) in [5.41, 5.74) is 1.36. The van der Waals surface area contributed by atoms with Crippen molar-refractivity contribution in [3.8, 4) is 0 Å². The van der Waals surface area contributed by atoms with Crippen molar-refractivity contribution < 1.29 is 0 Å². The van der Waals surface area contributed by atoms with Gasteiger partial charge in [0.15, 0.2) is 0 Å². The van der Waals surface area contributed by atoms with Gasteiger partial charge in [-0.2, -0.15) is 0 Å². The Balaban J connectivity index is 2.03. The minimum Gasteiger partial charge on any atom is -0.307 e. The molecule has 2 nitrogen and oxygen atoms in total. The lowest BCUT2D eigenvalue weighted by Gasteiger charge is -2.37. The van der Waals surface area contributed by atoms with Crippen LogP contribution in [0, 0.1) is 5.92 Å². The van der Waals surface area contributed by atoms with Crippen LogP contribution in [0.2, 0.25) is 5.02 Å². The van der Waals surface area contributed by atoms with Crippen LogP contribution in [0.15, 0.2) is 24.3 Å². The van der Waals surface area contributed by atoms with Crippen LogP contribution in [0.5, 0.6) is 0 Å². The number of rotatable bonds is 5. The molecule has 0 spiro atoms. The van der Waals surface area contributed by atoms with E-state index in [0.717, 1.165) is 5.02 Å². The SMILES string of the molecule is CCCC(NC1CCN(C)CC1C)c1ccc(Cl)cc1. The lowest BCUT2D eigenvalue weighted by atomic mass is 9.91. The Kier molecular flexibility index (Phi) is 5.88. The number of halogens is 1. The zero-order chi connectivity index (χ0) is 14.5. The normalized spacial score (nSPS) is 25.6. The number of piperidine rings is 1. The van der Waals surface area contributed by atoms with E-state index >= 15 is 0 Å². The Morgan fingerprint density at radius 3 is 2.65 bits per heavy atom. The van der Waals surface area contributed by atoms with E-state index in [9.17, 15) is 0 Å². The number of nitrogens with zero attached hydrogens (tertiary/aromatic N) is 1. The third-order valence-electron chi connectivity index (χ3n) is 4.37. The van der Waals surface area contributed by atoms with Gasteiger partial charge in [-0.3, -0.25) is 0 Å². The molecule has 0 aliphatic carbocycles. The fourth-order valence-electron chi connectivity index (χ4n) is 3.19. The van der Waals surface area contributed by atoms with E-state index in [1.807, 2.05) is 12.1 Å². The molecule has 2 rings (SSSR count). The molecule has 1 saturated heterocycles. The topological polar surface area (TPSA) is 15.3 Å². The average Bonchev–Trinajstić information content (AvgIpc) is 2.42. The summed E-state index contributed by atoms with van der Waals surface area (Å²) in [7, 11) is 2.22. The van der Waals surface area contributed by atoms with E-state index in [1.165, 1.54) is 37.9 Å². The predicted octanol–water partition coefficient (Wildman–Crippen LogP) is 4.11. The molecule has 1 aromatic rings. The Hall–Kier alpha value is -0.570. The van der Waals surface area contributed by atoms with E-state index in [2.05, 4.69) is 43.2 Å². The van der Waals surface area contributed by atoms with Crippen LogP contribution in [0.4, 0.5) is 0 Å². The number of hydrogen-bond acceptors (Lipinski definition) is 2. The summed E-state index contributed by atoms with van der Waals surface area (Å²) >= 11 is 6.00. The van der Waals surface area contributed by atoms with Crippen molar-refractivity contribution in [2.45, 2.75) is 45.2 Å². The monoisotopic (exact) mass is 294 g/mol. The molecule has 3 atom stereocenters. The molecule has 1 aliphatic rings. The summed E-state index contributed by atoms with van der Waals surface area (Å²) in [6.07, 6.45) is 3.62. The molecule has 0 saturated carbocycles. The minimum atomic E-state index is 0.452. The Labute approximate surface area is 128 Å². The molecule has 1 fully saturated rings. The maximum atomic E-state index is 6.00. The lowest BCUT2D eigenvalue weighted by Crippen LogP contribution is -2.48. The van der Waals surface area contributed by atoms with Crippen LogP contribution in [0.1, 0.15) is 44.7 Å². The van der Waals surface area contributed by atoms with Gasteiger partial charge in [0.2, 0.25) is 0 Å². The predicted molar refractivity (Wildman–Crippen MR) is 87.3 cm³/mol. The highest BCUT2D eigenvalue weighted by atomic mass is 35.5. The van der Waals surface area contributed by atoms with Crippen molar-refractivity contribution in [1.82, 2.24) is 10.2 Å². The second-order valence-electron chi connectivity index (χ2n) is 6.19. The summed E-state index contributed by atoms with van der Waals surface area (Å²) in [4.78, 5) is 2.43. The first-order valence-electron chi connectivity index (χ1n) is 7.80. The van der Waals surface area contributed by atoms with Crippen LogP contribution in [-0.2, 0) is 0 Å². The van der Waals surface area contributed by atoms with Crippen molar-refractivity contribution in [3.05, 3.63) is 34.9 Å². The first-order valence-corrected chi connectivity index (χ1v) is 8.18. The Bertz CT molecular complexity index is 404. The highest BCUT2D eigenvalue weighted by Crippen LogP contribution is 2.25. The van der Waals surface area contributed by atoms with Crippen LogP contribution in [0.3, 0.4) is 0 Å². The number of benzene rings is 1. The second-order valence-corrected chi connectivity index (χ2v) is 6.63. The van der Waals surface area contributed by atoms with Crippen molar-refractivity contribution >= 4 is 11.6 Å². The summed E-state index contributed by atoms with van der Waals surface area (Å²) < 4.78 is 0. The summed E-state index contributed by atoms with van der Waals surface area (Å²) in [6.45, 7) is 7.00. The third-order valence-corrected chi connectivity index (χ3v) is 4.63. The van der Waals surface area contributed by atoms with E-state index in [1.54, 1.807) is 0 Å². The van der Waals surface area contributed by atoms with Crippen molar-refractivity contribution in [2.75, 3.05) is 20.1 Å². The van der Waals surface area contributed by atoms with Gasteiger partial charge in [-0.05, 0) is 50.0 Å². The molecule has 3 unspecified atom stereocenters. The molecule has 0 bridgehead atoms. The number of likely N-dealkylation sites (tertiary alicyclic amines) is 1. The highest BCUT2D eigenvalue weighted by molar-refractivity contribution is 6.30. The van der Waals surface area contributed by atoms with Gasteiger partial charge in [0.05, 0.1) is 0 Å². The molecule has 3 heteroatoms. The van der Waals surface area contributed by atoms with Crippen molar-refractivity contribution in [3.63, 3.8) is 0 Å². The fraction of sp³-hybridized carbons (Fsp3) is 0.647. The number of nitrogens with one attached hydrogen (secondary N) is 1. The van der Waals surface area contributed by atoms with Gasteiger partial charge >= 0.3 is 0 Å². The molecule has 0 radical (unpaired) electrons. The summed E-state index contributed by atoms with van der Waals surface area (Å²) in [6, 6.07) is 9.40. The lowest BCUT2D eigenvalue weighted by molar-refractivity contribution is 0.164. The van der Waals surface area contributed by atoms with E-state index in [4.69, 9.17) is 11.6 Å². The minimum absolute atomic E-state index is 0.452. The van der Waals surface area contributed by atoms with E-state index < -0.39 is 0 Å². The first-order chi connectivity index (χ1) is 9.60. The van der Waals surface area contributed by atoms with Gasteiger partial charge in [0.25, 0.3) is 0 Å². The third kappa shape index (κ3) is 4.21. The molecular formula is C17H27ClN2. The van der Waals surface area contributed by atoms with Gasteiger partial charge in [-0.15, -0.1) is 0 Å². The van der Waals surface area contributed by atoms with E-state index in [0.29, 0.717) is 18.0 Å². The molecule has 112 valence electrons. The maximum Gasteiger partial charge on any atom is 0.0406 e. The zero-order valence-corrected chi connectivity index (χ0v) is 13.7. The van der Waals surface area contributed by atoms with Crippen LogP contribution < -0.4 is 5.32 Å². The Morgan fingerprint density at radius 2 is 2.05 bits per heavy atom. The molecule has 20 heavy (non-hydrogen) atoms. The van der Waals surface area contributed by atoms with E-state index in [-0.39, 0.29) is 0 Å². The van der Waals surface area contributed by atoms with Crippen LogP contribution >= 0.6 is 11.6 Å². The Morgan fingerprint density at radius 1 is 1.35 bits per heavy atom. The molecule has 1 aromatic carbocycles. The second kappa shape index (κ2) is 7.44. The van der Waals surface area contributed by atoms with Gasteiger partial charge in [0.1, 0.15) is 0 Å². The average molecular weight is 295 g/mol.